The van der Waals surface area contributed by atoms with Gasteiger partial charge in [0.25, 0.3) is 0 Å². The second-order valence-corrected chi connectivity index (χ2v) is 6.58. The average molecular weight is 322 g/mol. The van der Waals surface area contributed by atoms with Crippen LogP contribution in [0.4, 0.5) is 5.69 Å². The summed E-state index contributed by atoms with van der Waals surface area (Å²) >= 11 is 3.54. The number of nitrogens with one attached hydrogen (secondary N) is 1. The van der Waals surface area contributed by atoms with Gasteiger partial charge in [0.1, 0.15) is 5.75 Å². The number of halogens is 1. The van der Waals surface area contributed by atoms with E-state index in [-0.39, 0.29) is 0 Å². The van der Waals surface area contributed by atoms with E-state index < -0.39 is 0 Å². The fraction of sp³-hybridized carbons (Fsp3) is 0.500. The first kappa shape index (κ1) is 13.0. The highest BCUT2D eigenvalue weighted by Gasteiger charge is 2.38. The predicted octanol–water partition coefficient (Wildman–Crippen LogP) is 4.47. The second kappa shape index (κ2) is 5.20. The molecule has 0 spiro atoms. The highest BCUT2D eigenvalue weighted by atomic mass is 79.9. The van der Waals surface area contributed by atoms with Crippen molar-refractivity contribution in [1.82, 2.24) is 0 Å². The maximum atomic E-state index is 5.26. The quantitative estimate of drug-likeness (QED) is 0.826. The summed E-state index contributed by atoms with van der Waals surface area (Å²) < 4.78 is 6.26. The Morgan fingerprint density at radius 3 is 2.74 bits per heavy atom. The van der Waals surface area contributed by atoms with E-state index in [2.05, 4.69) is 52.5 Å². The molecule has 1 aromatic rings. The minimum Gasteiger partial charge on any atom is -0.496 e. The van der Waals surface area contributed by atoms with Gasteiger partial charge in [-0.2, -0.15) is 0 Å². The van der Waals surface area contributed by atoms with Crippen LogP contribution in [0.1, 0.15) is 19.8 Å². The van der Waals surface area contributed by atoms with Crippen LogP contribution in [0.5, 0.6) is 5.75 Å². The van der Waals surface area contributed by atoms with Crippen LogP contribution < -0.4 is 10.1 Å². The zero-order valence-corrected chi connectivity index (χ0v) is 13.0. The Bertz CT molecular complexity index is 500. The molecule has 2 aliphatic rings. The minimum absolute atomic E-state index is 0.514. The Morgan fingerprint density at radius 2 is 2.16 bits per heavy atom. The highest BCUT2D eigenvalue weighted by molar-refractivity contribution is 9.10. The van der Waals surface area contributed by atoms with Crippen LogP contribution >= 0.6 is 15.9 Å². The van der Waals surface area contributed by atoms with Crippen LogP contribution in [0.3, 0.4) is 0 Å². The van der Waals surface area contributed by atoms with Crippen LogP contribution in [-0.4, -0.2) is 13.2 Å². The standard InChI is InChI=1S/C16H20BrNO/c1-10(14-8-11-3-4-12(14)7-11)18-13-5-6-16(19-2)15(17)9-13/h3-6,9-12,14,18H,7-8H2,1-2H3. The molecule has 102 valence electrons. The van der Waals surface area contributed by atoms with Gasteiger partial charge in [0.2, 0.25) is 0 Å². The number of benzene rings is 1. The first-order valence-corrected chi connectivity index (χ1v) is 7.75. The SMILES string of the molecule is COc1ccc(NC(C)C2CC3C=CC2C3)cc1Br. The van der Waals surface area contributed by atoms with Gasteiger partial charge in [-0.05, 0) is 71.6 Å². The molecule has 4 atom stereocenters. The fourth-order valence-corrected chi connectivity index (χ4v) is 4.06. The van der Waals surface area contributed by atoms with Crippen molar-refractivity contribution < 1.29 is 4.74 Å². The number of methoxy groups -OCH3 is 1. The topological polar surface area (TPSA) is 21.3 Å². The maximum absolute atomic E-state index is 5.26. The second-order valence-electron chi connectivity index (χ2n) is 5.73. The maximum Gasteiger partial charge on any atom is 0.133 e. The highest BCUT2D eigenvalue weighted by Crippen LogP contribution is 2.45. The van der Waals surface area contributed by atoms with Gasteiger partial charge in [0.05, 0.1) is 11.6 Å². The molecule has 3 rings (SSSR count). The van der Waals surface area contributed by atoms with Crippen LogP contribution in [0, 0.1) is 17.8 Å². The molecule has 4 unspecified atom stereocenters. The summed E-state index contributed by atoms with van der Waals surface area (Å²) in [5.41, 5.74) is 1.16. The van der Waals surface area contributed by atoms with Crippen molar-refractivity contribution in [2.24, 2.45) is 17.8 Å². The molecule has 19 heavy (non-hydrogen) atoms. The van der Waals surface area contributed by atoms with E-state index in [1.807, 2.05) is 6.07 Å². The van der Waals surface area contributed by atoms with Gasteiger partial charge in [-0.1, -0.05) is 12.2 Å². The molecule has 1 N–H and O–H groups in total. The summed E-state index contributed by atoms with van der Waals surface area (Å²) in [7, 11) is 1.69. The van der Waals surface area contributed by atoms with Gasteiger partial charge >= 0.3 is 0 Å². The molecular weight excluding hydrogens is 302 g/mol. The first-order chi connectivity index (χ1) is 9.17. The Hall–Kier alpha value is -0.960. The molecule has 1 saturated carbocycles. The van der Waals surface area contributed by atoms with Crippen molar-refractivity contribution in [3.8, 4) is 5.75 Å². The molecule has 0 aromatic heterocycles. The van der Waals surface area contributed by atoms with E-state index in [1.54, 1.807) is 7.11 Å². The summed E-state index contributed by atoms with van der Waals surface area (Å²) in [6.45, 7) is 2.30. The van der Waals surface area contributed by atoms with E-state index in [0.29, 0.717) is 6.04 Å². The third-order valence-corrected chi connectivity index (χ3v) is 5.14. The van der Waals surface area contributed by atoms with Gasteiger partial charge in [-0.3, -0.25) is 0 Å². The number of anilines is 1. The zero-order chi connectivity index (χ0) is 13.4. The van der Waals surface area contributed by atoms with Crippen LogP contribution in [0.25, 0.3) is 0 Å². The number of rotatable bonds is 4. The minimum atomic E-state index is 0.514. The van der Waals surface area contributed by atoms with Crippen molar-refractivity contribution in [3.63, 3.8) is 0 Å². The van der Waals surface area contributed by atoms with Crippen LogP contribution in [0.2, 0.25) is 0 Å². The molecule has 2 bridgehead atoms. The van der Waals surface area contributed by atoms with Crippen molar-refractivity contribution >= 4 is 21.6 Å². The lowest BCUT2D eigenvalue weighted by molar-refractivity contribution is 0.399. The molecule has 0 heterocycles. The van der Waals surface area contributed by atoms with Crippen molar-refractivity contribution in [1.29, 1.82) is 0 Å². The van der Waals surface area contributed by atoms with Crippen LogP contribution in [0.15, 0.2) is 34.8 Å². The lowest BCUT2D eigenvalue weighted by Crippen LogP contribution is -2.28. The third kappa shape index (κ3) is 2.53. The average Bonchev–Trinajstić information content (AvgIpc) is 3.01. The number of allylic oxidation sites excluding steroid dienone is 2. The predicted molar refractivity (Wildman–Crippen MR) is 82.6 cm³/mol. The summed E-state index contributed by atoms with van der Waals surface area (Å²) in [6, 6.07) is 6.70. The monoisotopic (exact) mass is 321 g/mol. The smallest absolute Gasteiger partial charge is 0.133 e. The lowest BCUT2D eigenvalue weighted by atomic mass is 9.87. The van der Waals surface area contributed by atoms with Gasteiger partial charge in [0.15, 0.2) is 0 Å². The molecule has 0 radical (unpaired) electrons. The molecule has 2 nitrogen and oxygen atoms in total. The molecule has 0 saturated heterocycles. The number of hydrogen-bond donors (Lipinski definition) is 1. The Labute approximate surface area is 123 Å². The molecule has 1 aromatic carbocycles. The Kier molecular flexibility index (Phi) is 3.57. The summed E-state index contributed by atoms with van der Waals surface area (Å²) in [6.07, 6.45) is 7.52. The number of hydrogen-bond acceptors (Lipinski definition) is 2. The van der Waals surface area contributed by atoms with E-state index >= 15 is 0 Å². The van der Waals surface area contributed by atoms with E-state index in [9.17, 15) is 0 Å². The van der Waals surface area contributed by atoms with Gasteiger partial charge in [-0.15, -0.1) is 0 Å². The summed E-state index contributed by atoms with van der Waals surface area (Å²) in [5.74, 6) is 3.27. The summed E-state index contributed by atoms with van der Waals surface area (Å²) in [4.78, 5) is 0. The number of ether oxygens (including phenoxy) is 1. The van der Waals surface area contributed by atoms with E-state index in [0.717, 1.165) is 33.7 Å². The van der Waals surface area contributed by atoms with Crippen molar-refractivity contribution in [2.75, 3.05) is 12.4 Å². The first-order valence-electron chi connectivity index (χ1n) is 6.96. The molecule has 1 fully saturated rings. The largest absolute Gasteiger partial charge is 0.496 e. The normalized spacial score (nSPS) is 29.5. The lowest BCUT2D eigenvalue weighted by Gasteiger charge is -2.27. The van der Waals surface area contributed by atoms with Crippen LogP contribution in [-0.2, 0) is 0 Å². The van der Waals surface area contributed by atoms with Gasteiger partial charge in [0, 0.05) is 11.7 Å². The van der Waals surface area contributed by atoms with E-state index in [4.69, 9.17) is 4.74 Å². The Balaban J connectivity index is 1.68. The van der Waals surface area contributed by atoms with E-state index in [1.165, 1.54) is 12.8 Å². The fourth-order valence-electron chi connectivity index (χ4n) is 3.52. The Morgan fingerprint density at radius 1 is 1.32 bits per heavy atom. The molecule has 2 aliphatic carbocycles. The third-order valence-electron chi connectivity index (χ3n) is 4.52. The zero-order valence-electron chi connectivity index (χ0n) is 11.4. The summed E-state index contributed by atoms with van der Waals surface area (Å²) in [5, 5.41) is 3.64. The van der Waals surface area contributed by atoms with Crippen molar-refractivity contribution in [3.05, 3.63) is 34.8 Å². The van der Waals surface area contributed by atoms with Gasteiger partial charge in [-0.25, -0.2) is 0 Å². The number of fused-ring (bicyclic) bond motifs is 2. The molecular formula is C16H20BrNO. The molecule has 0 amide bonds. The molecule has 0 aliphatic heterocycles. The van der Waals surface area contributed by atoms with Gasteiger partial charge < -0.3 is 10.1 Å². The van der Waals surface area contributed by atoms with Crippen molar-refractivity contribution in [2.45, 2.75) is 25.8 Å². The molecule has 3 heteroatoms.